The fourth-order valence-electron chi connectivity index (χ4n) is 2.85. The summed E-state index contributed by atoms with van der Waals surface area (Å²) in [6.45, 7) is 7.39. The van der Waals surface area contributed by atoms with Crippen molar-refractivity contribution in [2.24, 2.45) is 7.05 Å². The van der Waals surface area contributed by atoms with Crippen molar-refractivity contribution < 1.29 is 9.21 Å². The Kier molecular flexibility index (Phi) is 4.79. The molecule has 0 fully saturated rings. The van der Waals surface area contributed by atoms with Crippen LogP contribution in [0.5, 0.6) is 0 Å². The second-order valence-electron chi connectivity index (χ2n) is 6.23. The van der Waals surface area contributed by atoms with Crippen LogP contribution in [0.1, 0.15) is 29.8 Å². The number of urea groups is 1. The molecule has 25 heavy (non-hydrogen) atoms. The second kappa shape index (κ2) is 7.01. The molecule has 3 rings (SSSR count). The first-order valence-corrected chi connectivity index (χ1v) is 8.48. The van der Waals surface area contributed by atoms with Gasteiger partial charge in [0.1, 0.15) is 17.3 Å². The van der Waals surface area contributed by atoms with Gasteiger partial charge < -0.3 is 19.2 Å². The SMILES string of the molecule is CCN(Cc1ccc(C)o1)C(=O)NCc1ccc2c(c1)nc(C)n2C. The maximum Gasteiger partial charge on any atom is 0.318 e. The average molecular weight is 340 g/mol. The van der Waals surface area contributed by atoms with Crippen LogP contribution >= 0.6 is 0 Å². The summed E-state index contributed by atoms with van der Waals surface area (Å²) in [5.74, 6) is 2.62. The van der Waals surface area contributed by atoms with Crippen LogP contribution in [0.4, 0.5) is 4.79 Å². The molecule has 3 aromatic rings. The summed E-state index contributed by atoms with van der Waals surface area (Å²) in [7, 11) is 2.00. The molecular weight excluding hydrogens is 316 g/mol. The highest BCUT2D eigenvalue weighted by atomic mass is 16.3. The van der Waals surface area contributed by atoms with Gasteiger partial charge in [0.05, 0.1) is 17.6 Å². The number of fused-ring (bicyclic) bond motifs is 1. The maximum atomic E-state index is 12.4. The van der Waals surface area contributed by atoms with Gasteiger partial charge in [-0.2, -0.15) is 0 Å². The van der Waals surface area contributed by atoms with Crippen molar-refractivity contribution in [3.63, 3.8) is 0 Å². The van der Waals surface area contributed by atoms with Gasteiger partial charge in [0.15, 0.2) is 0 Å². The predicted octanol–water partition coefficient (Wildman–Crippen LogP) is 3.51. The van der Waals surface area contributed by atoms with Crippen molar-refractivity contribution in [2.45, 2.75) is 33.9 Å². The first-order valence-electron chi connectivity index (χ1n) is 8.48. The number of hydrogen-bond acceptors (Lipinski definition) is 3. The van der Waals surface area contributed by atoms with Crippen molar-refractivity contribution in [3.8, 4) is 0 Å². The van der Waals surface area contributed by atoms with Gasteiger partial charge in [-0.3, -0.25) is 0 Å². The van der Waals surface area contributed by atoms with E-state index in [9.17, 15) is 4.79 Å². The normalized spacial score (nSPS) is 11.0. The summed E-state index contributed by atoms with van der Waals surface area (Å²) in [5.41, 5.74) is 3.07. The van der Waals surface area contributed by atoms with Gasteiger partial charge in [0.25, 0.3) is 0 Å². The molecule has 2 aromatic heterocycles. The lowest BCUT2D eigenvalue weighted by Crippen LogP contribution is -2.38. The van der Waals surface area contributed by atoms with E-state index in [0.29, 0.717) is 19.6 Å². The number of aryl methyl sites for hydroxylation is 3. The molecule has 0 aliphatic carbocycles. The van der Waals surface area contributed by atoms with Gasteiger partial charge >= 0.3 is 6.03 Å². The number of aromatic nitrogens is 2. The van der Waals surface area contributed by atoms with Crippen LogP contribution in [-0.4, -0.2) is 27.0 Å². The van der Waals surface area contributed by atoms with Crippen LogP contribution in [0.3, 0.4) is 0 Å². The molecule has 0 aliphatic heterocycles. The molecule has 0 saturated heterocycles. The Bertz CT molecular complexity index is 894. The Balaban J connectivity index is 1.64. The Morgan fingerprint density at radius 3 is 2.76 bits per heavy atom. The number of carbonyl (C=O) groups is 1. The number of nitrogens with one attached hydrogen (secondary N) is 1. The number of carbonyl (C=O) groups excluding carboxylic acids is 1. The zero-order valence-electron chi connectivity index (χ0n) is 15.2. The molecule has 0 bridgehead atoms. The van der Waals surface area contributed by atoms with Gasteiger partial charge in [-0.05, 0) is 50.6 Å². The maximum absolute atomic E-state index is 12.4. The number of imidazole rings is 1. The third-order valence-electron chi connectivity index (χ3n) is 4.42. The lowest BCUT2D eigenvalue weighted by atomic mass is 10.2. The summed E-state index contributed by atoms with van der Waals surface area (Å²) in [6.07, 6.45) is 0. The van der Waals surface area contributed by atoms with Crippen LogP contribution in [0.15, 0.2) is 34.7 Å². The van der Waals surface area contributed by atoms with Crippen LogP contribution in [-0.2, 0) is 20.1 Å². The molecule has 2 heterocycles. The van der Waals surface area contributed by atoms with E-state index >= 15 is 0 Å². The summed E-state index contributed by atoms with van der Waals surface area (Å²) in [6, 6.07) is 9.80. The van der Waals surface area contributed by atoms with Crippen molar-refractivity contribution in [2.75, 3.05) is 6.54 Å². The van der Waals surface area contributed by atoms with Crippen LogP contribution < -0.4 is 5.32 Å². The van der Waals surface area contributed by atoms with E-state index in [1.54, 1.807) is 4.90 Å². The van der Waals surface area contributed by atoms with Gasteiger partial charge in [-0.15, -0.1) is 0 Å². The Hall–Kier alpha value is -2.76. The summed E-state index contributed by atoms with van der Waals surface area (Å²) in [5, 5.41) is 2.97. The van der Waals surface area contributed by atoms with Crippen LogP contribution in [0.2, 0.25) is 0 Å². The zero-order valence-corrected chi connectivity index (χ0v) is 15.2. The van der Waals surface area contributed by atoms with Gasteiger partial charge in [0, 0.05) is 20.1 Å². The van der Waals surface area contributed by atoms with E-state index in [4.69, 9.17) is 4.42 Å². The van der Waals surface area contributed by atoms with E-state index in [2.05, 4.69) is 14.9 Å². The van der Waals surface area contributed by atoms with Crippen molar-refractivity contribution in [1.29, 1.82) is 0 Å². The number of benzene rings is 1. The number of hydrogen-bond donors (Lipinski definition) is 1. The summed E-state index contributed by atoms with van der Waals surface area (Å²) >= 11 is 0. The molecule has 0 spiro atoms. The van der Waals surface area contributed by atoms with Crippen LogP contribution in [0.25, 0.3) is 11.0 Å². The van der Waals surface area contributed by atoms with E-state index in [0.717, 1.165) is 33.9 Å². The highest BCUT2D eigenvalue weighted by Gasteiger charge is 2.14. The lowest BCUT2D eigenvalue weighted by molar-refractivity contribution is 0.193. The molecule has 0 aliphatic rings. The molecule has 2 amide bonds. The first-order chi connectivity index (χ1) is 12.0. The first kappa shape index (κ1) is 17.1. The van der Waals surface area contributed by atoms with Crippen LogP contribution in [0, 0.1) is 13.8 Å². The Morgan fingerprint density at radius 2 is 2.08 bits per heavy atom. The minimum atomic E-state index is -0.103. The molecule has 6 heteroatoms. The average Bonchev–Trinajstić information content (AvgIpc) is 3.13. The smallest absolute Gasteiger partial charge is 0.318 e. The molecule has 0 radical (unpaired) electrons. The number of furan rings is 1. The minimum absolute atomic E-state index is 0.103. The Morgan fingerprint density at radius 1 is 1.28 bits per heavy atom. The van der Waals surface area contributed by atoms with E-state index in [1.807, 2.05) is 58.2 Å². The van der Waals surface area contributed by atoms with Gasteiger partial charge in [-0.1, -0.05) is 6.07 Å². The lowest BCUT2D eigenvalue weighted by Gasteiger charge is -2.20. The topological polar surface area (TPSA) is 63.3 Å². The Labute approximate surface area is 147 Å². The molecular formula is C19H24N4O2. The van der Waals surface area contributed by atoms with Crippen molar-refractivity contribution in [3.05, 3.63) is 53.2 Å². The minimum Gasteiger partial charge on any atom is -0.464 e. The molecule has 1 N–H and O–H groups in total. The number of rotatable bonds is 5. The van der Waals surface area contributed by atoms with Crippen molar-refractivity contribution >= 4 is 17.1 Å². The van der Waals surface area contributed by atoms with Gasteiger partial charge in [-0.25, -0.2) is 9.78 Å². The molecule has 0 saturated carbocycles. The van der Waals surface area contributed by atoms with E-state index in [1.165, 1.54) is 0 Å². The van der Waals surface area contributed by atoms with E-state index < -0.39 is 0 Å². The van der Waals surface area contributed by atoms with Crippen molar-refractivity contribution in [1.82, 2.24) is 19.8 Å². The summed E-state index contributed by atoms with van der Waals surface area (Å²) < 4.78 is 7.62. The standard InChI is InChI=1S/C19H24N4O2/c1-5-23(12-16-8-6-13(2)25-16)19(24)20-11-15-7-9-18-17(10-15)21-14(3)22(18)4/h6-10H,5,11-12H2,1-4H3,(H,20,24). The molecule has 6 nitrogen and oxygen atoms in total. The quantitative estimate of drug-likeness (QED) is 0.773. The van der Waals surface area contributed by atoms with E-state index in [-0.39, 0.29) is 6.03 Å². The second-order valence-corrected chi connectivity index (χ2v) is 6.23. The predicted molar refractivity (Wildman–Crippen MR) is 97.2 cm³/mol. The highest BCUT2D eigenvalue weighted by molar-refractivity contribution is 5.77. The molecule has 0 atom stereocenters. The molecule has 1 aromatic carbocycles. The largest absolute Gasteiger partial charge is 0.464 e. The number of amides is 2. The highest BCUT2D eigenvalue weighted by Crippen LogP contribution is 2.16. The van der Waals surface area contributed by atoms with Gasteiger partial charge in [0.2, 0.25) is 0 Å². The number of nitrogens with zero attached hydrogens (tertiary/aromatic N) is 3. The third kappa shape index (κ3) is 3.68. The fraction of sp³-hybridized carbons (Fsp3) is 0.368. The molecule has 132 valence electrons. The third-order valence-corrected chi connectivity index (χ3v) is 4.42. The fourth-order valence-corrected chi connectivity index (χ4v) is 2.85. The molecule has 0 unspecified atom stereocenters. The summed E-state index contributed by atoms with van der Waals surface area (Å²) in [4.78, 5) is 18.7. The monoisotopic (exact) mass is 340 g/mol. The zero-order chi connectivity index (χ0) is 18.0.